The van der Waals surface area contributed by atoms with E-state index in [2.05, 4.69) is 10.2 Å². The molecule has 29 heavy (non-hydrogen) atoms. The normalized spacial score (nSPS) is 16.8. The molecular formula is C22H20N4O3. The summed E-state index contributed by atoms with van der Waals surface area (Å²) in [4.78, 5) is 28.2. The van der Waals surface area contributed by atoms with Crippen molar-refractivity contribution in [3.63, 3.8) is 0 Å². The molecule has 146 valence electrons. The first kappa shape index (κ1) is 17.6. The summed E-state index contributed by atoms with van der Waals surface area (Å²) < 4.78 is 0. The average Bonchev–Trinajstić information content (AvgIpc) is 3.26. The van der Waals surface area contributed by atoms with Crippen molar-refractivity contribution >= 4 is 22.8 Å². The molecule has 2 aliphatic rings. The number of fused-ring (bicyclic) bond motifs is 1. The molecule has 0 saturated carbocycles. The van der Waals surface area contributed by atoms with Gasteiger partial charge in [-0.15, -0.1) is 15.0 Å². The second-order valence-corrected chi connectivity index (χ2v) is 7.57. The van der Waals surface area contributed by atoms with Crippen molar-refractivity contribution in [2.45, 2.75) is 39.2 Å². The monoisotopic (exact) mass is 388 g/mol. The van der Waals surface area contributed by atoms with Crippen LogP contribution in [0.25, 0.3) is 16.7 Å². The number of aromatic hydroxyl groups is 1. The Morgan fingerprint density at radius 2 is 1.52 bits per heavy atom. The maximum Gasteiger partial charge on any atom is 0.257 e. The molecule has 2 heterocycles. The van der Waals surface area contributed by atoms with E-state index in [-0.39, 0.29) is 24.1 Å². The van der Waals surface area contributed by atoms with Crippen molar-refractivity contribution in [3.05, 3.63) is 58.7 Å². The van der Waals surface area contributed by atoms with E-state index in [9.17, 15) is 14.7 Å². The summed E-state index contributed by atoms with van der Waals surface area (Å²) in [5.41, 5.74) is 4.48. The Hall–Kier alpha value is -3.48. The van der Waals surface area contributed by atoms with Gasteiger partial charge < -0.3 is 5.11 Å². The maximum atomic E-state index is 12.8. The molecule has 0 fully saturated rings. The molecule has 7 heteroatoms. The number of aryl methyl sites for hydroxylation is 1. The predicted molar refractivity (Wildman–Crippen MR) is 106 cm³/mol. The molecule has 0 unspecified atom stereocenters. The minimum atomic E-state index is -0.225. The second-order valence-electron chi connectivity index (χ2n) is 7.57. The molecule has 3 aromatic rings. The second kappa shape index (κ2) is 6.55. The number of nitrogens with zero attached hydrogens (tertiary/aromatic N) is 4. The van der Waals surface area contributed by atoms with Crippen LogP contribution in [0.1, 0.15) is 36.8 Å². The largest absolute Gasteiger partial charge is 0.505 e. The van der Waals surface area contributed by atoms with Crippen LogP contribution in [0.5, 0.6) is 5.75 Å². The summed E-state index contributed by atoms with van der Waals surface area (Å²) in [5.74, 6) is -0.468. The molecule has 2 amide bonds. The molecule has 1 N–H and O–H groups in total. The van der Waals surface area contributed by atoms with Crippen LogP contribution in [-0.2, 0) is 16.1 Å². The third kappa shape index (κ3) is 2.73. The highest BCUT2D eigenvalue weighted by Crippen LogP contribution is 2.36. The first-order valence-corrected chi connectivity index (χ1v) is 9.76. The quantitative estimate of drug-likeness (QED) is 0.696. The van der Waals surface area contributed by atoms with E-state index in [0.717, 1.165) is 29.4 Å². The van der Waals surface area contributed by atoms with Crippen LogP contribution in [0.3, 0.4) is 0 Å². The number of hydrogen-bond donors (Lipinski definition) is 1. The van der Waals surface area contributed by atoms with Gasteiger partial charge in [-0.25, -0.2) is 0 Å². The minimum absolute atomic E-state index is 0.0178. The Morgan fingerprint density at radius 3 is 2.10 bits per heavy atom. The van der Waals surface area contributed by atoms with Gasteiger partial charge in [-0.1, -0.05) is 18.2 Å². The van der Waals surface area contributed by atoms with Gasteiger partial charge in [0.2, 0.25) is 0 Å². The lowest BCUT2D eigenvalue weighted by Gasteiger charge is -2.19. The molecule has 1 aromatic heterocycles. The number of imide groups is 1. The molecule has 1 aliphatic heterocycles. The number of amides is 2. The summed E-state index contributed by atoms with van der Waals surface area (Å²) >= 11 is 0. The summed E-state index contributed by atoms with van der Waals surface area (Å²) in [6.45, 7) is 1.89. The molecule has 0 spiro atoms. The Balaban J connectivity index is 1.52. The van der Waals surface area contributed by atoms with E-state index in [1.807, 2.05) is 37.3 Å². The van der Waals surface area contributed by atoms with Crippen molar-refractivity contribution in [2.75, 3.05) is 0 Å². The molecule has 1 aliphatic carbocycles. The summed E-state index contributed by atoms with van der Waals surface area (Å²) in [5, 5.41) is 19.8. The predicted octanol–water partition coefficient (Wildman–Crippen LogP) is 3.17. The van der Waals surface area contributed by atoms with Gasteiger partial charge in [0.05, 0.1) is 6.54 Å². The van der Waals surface area contributed by atoms with E-state index in [1.165, 1.54) is 9.70 Å². The van der Waals surface area contributed by atoms with Gasteiger partial charge in [0.1, 0.15) is 22.5 Å². The molecule has 0 saturated heterocycles. The Morgan fingerprint density at radius 1 is 0.931 bits per heavy atom. The molecule has 2 aromatic carbocycles. The number of phenols is 1. The molecule has 0 atom stereocenters. The first-order chi connectivity index (χ1) is 14.0. The molecule has 7 nitrogen and oxygen atoms in total. The lowest BCUT2D eigenvalue weighted by molar-refractivity contribution is -0.138. The fraction of sp³-hybridized carbons (Fsp3) is 0.273. The maximum absolute atomic E-state index is 12.8. The van der Waals surface area contributed by atoms with E-state index >= 15 is 0 Å². The van der Waals surface area contributed by atoms with E-state index in [1.54, 1.807) is 6.07 Å². The van der Waals surface area contributed by atoms with Crippen LogP contribution in [0.15, 0.2) is 47.5 Å². The number of hydrogen-bond acceptors (Lipinski definition) is 5. The zero-order valence-corrected chi connectivity index (χ0v) is 16.1. The van der Waals surface area contributed by atoms with Crippen molar-refractivity contribution in [1.82, 2.24) is 19.9 Å². The van der Waals surface area contributed by atoms with Crippen LogP contribution >= 0.6 is 0 Å². The van der Waals surface area contributed by atoms with Crippen molar-refractivity contribution in [3.8, 4) is 11.4 Å². The fourth-order valence-electron chi connectivity index (χ4n) is 4.15. The lowest BCUT2D eigenvalue weighted by atomic mass is 9.93. The van der Waals surface area contributed by atoms with Crippen LogP contribution in [0, 0.1) is 6.92 Å². The standard InChI is InChI=1S/C22H20N4O3/c1-13-10-11-19(26-23-17-8-4-5-9-18(17)24-26)20(27)16(13)12-25-21(28)14-6-2-3-7-15(14)22(25)29/h4-5,8-11,27H,2-3,6-7,12H2,1H3. The van der Waals surface area contributed by atoms with E-state index in [0.29, 0.717) is 35.2 Å². The van der Waals surface area contributed by atoms with Gasteiger partial charge in [-0.3, -0.25) is 14.5 Å². The Kier molecular flexibility index (Phi) is 3.97. The third-order valence-electron chi connectivity index (χ3n) is 5.79. The molecule has 0 bridgehead atoms. The molecule has 0 radical (unpaired) electrons. The van der Waals surface area contributed by atoms with Crippen LogP contribution in [-0.4, -0.2) is 36.8 Å². The number of carbonyl (C=O) groups is 2. The highest BCUT2D eigenvalue weighted by molar-refractivity contribution is 6.19. The first-order valence-electron chi connectivity index (χ1n) is 9.76. The zero-order chi connectivity index (χ0) is 20.1. The van der Waals surface area contributed by atoms with E-state index in [4.69, 9.17) is 0 Å². The van der Waals surface area contributed by atoms with Crippen molar-refractivity contribution in [1.29, 1.82) is 0 Å². The lowest BCUT2D eigenvalue weighted by Crippen LogP contribution is -2.31. The summed E-state index contributed by atoms with van der Waals surface area (Å²) in [6, 6.07) is 11.0. The van der Waals surface area contributed by atoms with Crippen LogP contribution < -0.4 is 0 Å². The number of phenolic OH excluding ortho intramolecular Hbond substituents is 1. The van der Waals surface area contributed by atoms with E-state index < -0.39 is 0 Å². The number of carbonyl (C=O) groups excluding carboxylic acids is 2. The molecular weight excluding hydrogens is 368 g/mol. The highest BCUT2D eigenvalue weighted by Gasteiger charge is 2.39. The molecule has 5 rings (SSSR count). The summed E-state index contributed by atoms with van der Waals surface area (Å²) in [6.07, 6.45) is 3.18. The van der Waals surface area contributed by atoms with Crippen LogP contribution in [0.4, 0.5) is 0 Å². The minimum Gasteiger partial charge on any atom is -0.505 e. The Bertz CT molecular complexity index is 1150. The fourth-order valence-corrected chi connectivity index (χ4v) is 4.15. The SMILES string of the molecule is Cc1ccc(-n2nc3ccccc3n2)c(O)c1CN1C(=O)C2=C(CCCC2)C1=O. The number of aromatic nitrogens is 3. The van der Waals surface area contributed by atoms with Gasteiger partial charge in [-0.2, -0.15) is 0 Å². The van der Waals surface area contributed by atoms with Gasteiger partial charge in [0, 0.05) is 16.7 Å². The van der Waals surface area contributed by atoms with Crippen molar-refractivity contribution in [2.24, 2.45) is 0 Å². The zero-order valence-electron chi connectivity index (χ0n) is 16.1. The third-order valence-corrected chi connectivity index (χ3v) is 5.79. The summed E-state index contributed by atoms with van der Waals surface area (Å²) in [7, 11) is 0. The van der Waals surface area contributed by atoms with Crippen LogP contribution in [0.2, 0.25) is 0 Å². The number of rotatable bonds is 3. The van der Waals surface area contributed by atoms with Crippen molar-refractivity contribution < 1.29 is 14.7 Å². The van der Waals surface area contributed by atoms with Gasteiger partial charge in [0.15, 0.2) is 0 Å². The van der Waals surface area contributed by atoms with Gasteiger partial charge in [-0.05, 0) is 56.4 Å². The number of benzene rings is 2. The topological polar surface area (TPSA) is 88.3 Å². The van der Waals surface area contributed by atoms with Gasteiger partial charge in [0.25, 0.3) is 11.8 Å². The highest BCUT2D eigenvalue weighted by atomic mass is 16.3. The Labute approximate surface area is 167 Å². The van der Waals surface area contributed by atoms with Gasteiger partial charge >= 0.3 is 0 Å². The smallest absolute Gasteiger partial charge is 0.257 e. The average molecular weight is 388 g/mol.